The number of Topliss-reactive ketones (excluding diaryl/α,β-unsaturated/α-hetero) is 1. The number of ketones is 1. The third-order valence-electron chi connectivity index (χ3n) is 15.3. The Kier molecular flexibility index (Phi) is 16.7. The van der Waals surface area contributed by atoms with Crippen LogP contribution >= 0.6 is 0 Å². The Balaban J connectivity index is 1.21. The Hall–Kier alpha value is -4.57. The minimum atomic E-state index is -1.12. The van der Waals surface area contributed by atoms with Gasteiger partial charge in [-0.05, 0) is 124 Å². The number of ether oxygens (including phenoxy) is 2. The topological polar surface area (TPSA) is 146 Å². The van der Waals surface area contributed by atoms with Crippen molar-refractivity contribution in [2.45, 2.75) is 165 Å². The summed E-state index contributed by atoms with van der Waals surface area (Å²) in [5.74, 6) is 0.455. The largest absolute Gasteiger partial charge is 0.468 e. The molecule has 3 aliphatic heterocycles. The van der Waals surface area contributed by atoms with Crippen molar-refractivity contribution in [3.8, 4) is 0 Å². The molecule has 5 N–H and O–H groups in total. The van der Waals surface area contributed by atoms with Crippen molar-refractivity contribution in [1.82, 2.24) is 20.6 Å². The van der Waals surface area contributed by atoms with E-state index >= 15 is 0 Å². The van der Waals surface area contributed by atoms with Crippen molar-refractivity contribution in [3.63, 3.8) is 0 Å². The van der Waals surface area contributed by atoms with Crippen LogP contribution in [0.5, 0.6) is 0 Å². The zero-order valence-electron chi connectivity index (χ0n) is 41.7. The highest BCUT2D eigenvalue weighted by Gasteiger charge is 2.49. The summed E-state index contributed by atoms with van der Waals surface area (Å²) >= 11 is 0. The van der Waals surface area contributed by atoms with E-state index in [0.29, 0.717) is 17.5 Å². The average molecular weight is 893 g/mol. The molecule has 1 saturated heterocycles. The van der Waals surface area contributed by atoms with Crippen LogP contribution in [0.25, 0.3) is 23.8 Å². The Bertz CT molecular complexity index is 2340. The van der Waals surface area contributed by atoms with Gasteiger partial charge in [-0.1, -0.05) is 99.0 Å². The standard InChI is InChI=1S/C55H80N4O6/c1-13-39-34(7)41-29-46-48(38(11)60)36(9)43(57-46)27-42-35(8)40(52(58-42)50-51(55(63)64-12)54(62)49-37(10)44(59-53(49)50)28-45(39)56-41)23-24-47(61)65-26-25-33(6)22-16-21-32(5)20-15-19-31(4)18-14-17-30(2)3/h25,27-32,34-35,40,51-52,54,56-59,62H,13-24,26H2,1-12H3/b33-25+,41-29-,42-27-,44-28-/t31-,32-,34-,35+,40+,51-,52?,54?/m1/s1. The van der Waals surface area contributed by atoms with Crippen molar-refractivity contribution in [2.75, 3.05) is 13.7 Å². The van der Waals surface area contributed by atoms with E-state index in [0.717, 1.165) is 92.9 Å². The van der Waals surface area contributed by atoms with Gasteiger partial charge in [-0.2, -0.15) is 0 Å². The quantitative estimate of drug-likeness (QED) is 0.0502. The molecule has 0 saturated carbocycles. The molecule has 6 rings (SSSR count). The molecule has 0 radical (unpaired) electrons. The fourth-order valence-electron chi connectivity index (χ4n) is 11.2. The van der Waals surface area contributed by atoms with Crippen LogP contribution in [0, 0.1) is 55.3 Å². The second-order valence-corrected chi connectivity index (χ2v) is 20.5. The number of nitrogens with one attached hydrogen (secondary N) is 4. The van der Waals surface area contributed by atoms with Crippen molar-refractivity contribution in [3.05, 3.63) is 78.7 Å². The van der Waals surface area contributed by atoms with E-state index in [2.05, 4.69) is 94.2 Å². The van der Waals surface area contributed by atoms with Crippen LogP contribution < -0.4 is 21.3 Å². The van der Waals surface area contributed by atoms with Gasteiger partial charge in [0, 0.05) is 62.9 Å². The molecule has 2 aromatic rings. The number of hydrogen-bond donors (Lipinski definition) is 5. The summed E-state index contributed by atoms with van der Waals surface area (Å²) < 4.78 is 11.2. The Morgan fingerprint density at radius 2 is 1.51 bits per heavy atom. The lowest BCUT2D eigenvalue weighted by Crippen LogP contribution is -2.37. The van der Waals surface area contributed by atoms with Gasteiger partial charge < -0.3 is 35.2 Å². The molecule has 10 nitrogen and oxygen atoms in total. The summed E-state index contributed by atoms with van der Waals surface area (Å²) in [5.41, 5.74) is 10.7. The summed E-state index contributed by atoms with van der Waals surface area (Å²) in [4.78, 5) is 47.7. The summed E-state index contributed by atoms with van der Waals surface area (Å²) in [6.45, 7) is 23.8. The van der Waals surface area contributed by atoms with Gasteiger partial charge in [0.25, 0.3) is 0 Å². The highest BCUT2D eigenvalue weighted by molar-refractivity contribution is 6.00. The molecule has 0 aromatic carbocycles. The van der Waals surface area contributed by atoms with E-state index in [1.165, 1.54) is 63.2 Å². The van der Waals surface area contributed by atoms with Gasteiger partial charge in [-0.15, -0.1) is 0 Å². The zero-order chi connectivity index (χ0) is 47.3. The molecular formula is C55H80N4O6. The first-order valence-corrected chi connectivity index (χ1v) is 24.9. The molecule has 0 amide bonds. The van der Waals surface area contributed by atoms with E-state index in [1.54, 1.807) is 6.92 Å². The SMILES string of the molecule is CCC1=C2/C=c3\[nH]c4c(c3C)C(O)[C@H](C(=O)OC)C=4C3N/C(=C\c4[nH]c(c(C(C)=O)c4C)/C=C(\N2)[C@@H]1C)[C@@H](C)[C@@H]3CCC(=O)OC/C=C(\C)CCC[C@H](C)CCC[C@H](C)CCCC(C)C. The number of allylic oxidation sites excluding steroid dienone is 4. The third kappa shape index (κ3) is 11.2. The van der Waals surface area contributed by atoms with Gasteiger partial charge in [0.1, 0.15) is 12.5 Å². The Morgan fingerprint density at radius 3 is 2.15 bits per heavy atom. The molecule has 1 aliphatic carbocycles. The van der Waals surface area contributed by atoms with Crippen molar-refractivity contribution >= 4 is 41.5 Å². The molecule has 2 unspecified atom stereocenters. The predicted octanol–water partition coefficient (Wildman–Crippen LogP) is 10.2. The number of aromatic nitrogens is 2. The summed E-state index contributed by atoms with van der Waals surface area (Å²) in [6.07, 6.45) is 20.0. The molecule has 10 heteroatoms. The lowest BCUT2D eigenvalue weighted by Gasteiger charge is -2.27. The summed E-state index contributed by atoms with van der Waals surface area (Å²) in [6, 6.07) is -0.422. The van der Waals surface area contributed by atoms with Crippen molar-refractivity contribution < 1.29 is 29.0 Å². The zero-order valence-corrected chi connectivity index (χ0v) is 41.7. The van der Waals surface area contributed by atoms with Crippen LogP contribution in [0.3, 0.4) is 0 Å². The number of H-pyrrole nitrogens is 2. The van der Waals surface area contributed by atoms with Gasteiger partial charge in [-0.3, -0.25) is 14.4 Å². The van der Waals surface area contributed by atoms with Gasteiger partial charge >= 0.3 is 11.9 Å². The van der Waals surface area contributed by atoms with E-state index in [9.17, 15) is 19.5 Å². The number of aliphatic hydroxyl groups is 1. The average Bonchev–Trinajstić information content (AvgIpc) is 4.00. The number of methoxy groups -OCH3 is 1. The van der Waals surface area contributed by atoms with Gasteiger partial charge in [0.2, 0.25) is 0 Å². The number of carbonyl (C=O) groups is 3. The van der Waals surface area contributed by atoms with Crippen molar-refractivity contribution in [2.24, 2.45) is 41.4 Å². The number of rotatable bonds is 20. The summed E-state index contributed by atoms with van der Waals surface area (Å²) in [7, 11) is 1.36. The highest BCUT2D eigenvalue weighted by atomic mass is 16.5. The molecule has 2 aromatic heterocycles. The van der Waals surface area contributed by atoms with E-state index in [-0.39, 0.29) is 42.5 Å². The number of carbonyl (C=O) groups excluding carboxylic acids is 3. The molecule has 8 bridgehead atoms. The number of aliphatic hydroxyl groups excluding tert-OH is 1. The minimum absolute atomic E-state index is 0.0210. The van der Waals surface area contributed by atoms with Crippen LogP contribution in [-0.2, 0) is 19.1 Å². The highest BCUT2D eigenvalue weighted by Crippen LogP contribution is 2.45. The first kappa shape index (κ1) is 49.9. The second kappa shape index (κ2) is 21.8. The number of hydrogen-bond acceptors (Lipinski definition) is 8. The van der Waals surface area contributed by atoms with Crippen LogP contribution in [0.1, 0.15) is 184 Å². The molecule has 0 spiro atoms. The monoisotopic (exact) mass is 893 g/mol. The number of aromatic amines is 2. The summed E-state index contributed by atoms with van der Waals surface area (Å²) in [5, 5.41) is 21.1. The molecule has 4 aliphatic rings. The van der Waals surface area contributed by atoms with Gasteiger partial charge in [0.15, 0.2) is 5.78 Å². The van der Waals surface area contributed by atoms with E-state index in [4.69, 9.17) is 9.47 Å². The lowest BCUT2D eigenvalue weighted by molar-refractivity contribution is -0.147. The normalized spacial score (nSPS) is 25.6. The smallest absolute Gasteiger partial charge is 0.315 e. The minimum Gasteiger partial charge on any atom is -0.468 e. The second-order valence-electron chi connectivity index (χ2n) is 20.5. The number of fused-ring (bicyclic) bond motifs is 8. The maximum absolute atomic E-state index is 13.7. The Morgan fingerprint density at radius 1 is 0.846 bits per heavy atom. The molecule has 5 heterocycles. The first-order valence-electron chi connectivity index (χ1n) is 24.9. The van der Waals surface area contributed by atoms with Crippen LogP contribution in [0.15, 0.2) is 34.3 Å². The lowest BCUT2D eigenvalue weighted by atomic mass is 9.80. The van der Waals surface area contributed by atoms with Crippen LogP contribution in [0.4, 0.5) is 0 Å². The molecule has 65 heavy (non-hydrogen) atoms. The maximum atomic E-state index is 13.7. The number of esters is 2. The fourth-order valence-corrected chi connectivity index (χ4v) is 11.2. The molecular weight excluding hydrogens is 813 g/mol. The van der Waals surface area contributed by atoms with Crippen LogP contribution in [-0.4, -0.2) is 52.6 Å². The van der Waals surface area contributed by atoms with E-state index in [1.807, 2.05) is 19.9 Å². The van der Waals surface area contributed by atoms with E-state index < -0.39 is 24.0 Å². The predicted molar refractivity (Wildman–Crippen MR) is 262 cm³/mol. The first-order chi connectivity index (χ1) is 30.9. The van der Waals surface area contributed by atoms with Crippen molar-refractivity contribution in [1.29, 1.82) is 0 Å². The van der Waals surface area contributed by atoms with Gasteiger partial charge in [0.05, 0.1) is 24.9 Å². The van der Waals surface area contributed by atoms with Gasteiger partial charge in [-0.25, -0.2) is 0 Å². The fraction of sp³-hybridized carbons (Fsp3) is 0.618. The Labute approximate surface area is 389 Å². The third-order valence-corrected chi connectivity index (χ3v) is 15.3. The molecule has 8 atom stereocenters. The van der Waals surface area contributed by atoms with Crippen LogP contribution in [0.2, 0.25) is 0 Å². The maximum Gasteiger partial charge on any atom is 0.315 e. The molecule has 356 valence electrons. The molecule has 1 fully saturated rings.